The number of esters is 1. The van der Waals surface area contributed by atoms with Crippen molar-refractivity contribution in [1.82, 2.24) is 14.6 Å². The van der Waals surface area contributed by atoms with Crippen molar-refractivity contribution >= 4 is 23.2 Å². The van der Waals surface area contributed by atoms with E-state index in [0.717, 1.165) is 5.82 Å². The molecule has 19 heavy (non-hydrogen) atoms. The van der Waals surface area contributed by atoms with Gasteiger partial charge >= 0.3 is 5.97 Å². The van der Waals surface area contributed by atoms with Gasteiger partial charge in [-0.3, -0.25) is 4.40 Å². The molecule has 1 unspecified atom stereocenters. The summed E-state index contributed by atoms with van der Waals surface area (Å²) in [7, 11) is 1.35. The molecule has 2 heterocycles. The Morgan fingerprint density at radius 1 is 1.53 bits per heavy atom. The molecule has 1 aliphatic carbocycles. The van der Waals surface area contributed by atoms with Crippen LogP contribution in [0.5, 0.6) is 0 Å². The van der Waals surface area contributed by atoms with Crippen LogP contribution in [-0.2, 0) is 4.74 Å². The third-order valence-electron chi connectivity index (χ3n) is 3.64. The minimum atomic E-state index is -0.414. The number of hydrogen-bond donors (Lipinski definition) is 0. The smallest absolute Gasteiger partial charge is 0.339 e. The van der Waals surface area contributed by atoms with Crippen molar-refractivity contribution < 1.29 is 9.53 Å². The highest BCUT2D eigenvalue weighted by Crippen LogP contribution is 2.41. The molecule has 5 nitrogen and oxygen atoms in total. The molecule has 1 atom stereocenters. The van der Waals surface area contributed by atoms with Gasteiger partial charge in [0.05, 0.1) is 17.7 Å². The molecule has 1 saturated carbocycles. The van der Waals surface area contributed by atoms with Crippen molar-refractivity contribution in [3.8, 4) is 0 Å². The maximum absolute atomic E-state index is 11.6. The molecule has 0 N–H and O–H groups in total. The van der Waals surface area contributed by atoms with Gasteiger partial charge in [-0.2, -0.15) is 0 Å². The molecule has 100 valence electrons. The van der Waals surface area contributed by atoms with E-state index >= 15 is 0 Å². The standard InChI is InChI=1S/C13H14ClN3O2/c1-7(8-3-4-8)11-15-16-12-10(14)5-9(6-17(11)12)13(18)19-2/h5-8H,3-4H2,1-2H3. The summed E-state index contributed by atoms with van der Waals surface area (Å²) < 4.78 is 6.53. The van der Waals surface area contributed by atoms with Gasteiger partial charge in [0.15, 0.2) is 5.65 Å². The Morgan fingerprint density at radius 3 is 2.89 bits per heavy atom. The average molecular weight is 280 g/mol. The number of hydrogen-bond acceptors (Lipinski definition) is 4. The molecular weight excluding hydrogens is 266 g/mol. The van der Waals surface area contributed by atoms with Crippen LogP contribution in [0, 0.1) is 5.92 Å². The van der Waals surface area contributed by atoms with Gasteiger partial charge in [0.2, 0.25) is 0 Å². The summed E-state index contributed by atoms with van der Waals surface area (Å²) in [5.41, 5.74) is 0.987. The van der Waals surface area contributed by atoms with Crippen molar-refractivity contribution in [2.24, 2.45) is 5.92 Å². The van der Waals surface area contributed by atoms with Gasteiger partial charge in [0, 0.05) is 12.1 Å². The van der Waals surface area contributed by atoms with E-state index in [-0.39, 0.29) is 0 Å². The van der Waals surface area contributed by atoms with E-state index in [1.807, 2.05) is 0 Å². The maximum Gasteiger partial charge on any atom is 0.339 e. The Labute approximate surface area is 115 Å². The van der Waals surface area contributed by atoms with E-state index in [1.54, 1.807) is 16.7 Å². The Bertz CT molecular complexity index is 649. The number of carbonyl (C=O) groups is 1. The molecule has 2 aromatic rings. The van der Waals surface area contributed by atoms with Crippen LogP contribution in [0.3, 0.4) is 0 Å². The molecule has 6 heteroatoms. The normalized spacial score (nSPS) is 16.6. The van der Waals surface area contributed by atoms with Gasteiger partial charge in [-0.1, -0.05) is 18.5 Å². The second kappa shape index (κ2) is 4.49. The van der Waals surface area contributed by atoms with Crippen LogP contribution in [0.1, 0.15) is 41.9 Å². The molecule has 0 saturated heterocycles. The number of fused-ring (bicyclic) bond motifs is 1. The predicted octanol–water partition coefficient (Wildman–Crippen LogP) is 2.68. The molecule has 1 fully saturated rings. The highest BCUT2D eigenvalue weighted by molar-refractivity contribution is 6.33. The lowest BCUT2D eigenvalue weighted by Crippen LogP contribution is -2.07. The van der Waals surface area contributed by atoms with Crippen LogP contribution in [0.15, 0.2) is 12.3 Å². The zero-order chi connectivity index (χ0) is 13.6. The molecule has 0 bridgehead atoms. The quantitative estimate of drug-likeness (QED) is 0.811. The largest absolute Gasteiger partial charge is 0.465 e. The Hall–Kier alpha value is -1.62. The predicted molar refractivity (Wildman–Crippen MR) is 70.5 cm³/mol. The Balaban J connectivity index is 2.14. The van der Waals surface area contributed by atoms with Crippen LogP contribution in [0.2, 0.25) is 5.02 Å². The number of ether oxygens (including phenoxy) is 1. The second-order valence-electron chi connectivity index (χ2n) is 4.95. The van der Waals surface area contributed by atoms with Gasteiger partial charge in [-0.25, -0.2) is 4.79 Å². The first-order valence-corrected chi connectivity index (χ1v) is 6.62. The number of aromatic nitrogens is 3. The molecule has 1 aliphatic rings. The minimum absolute atomic E-state index is 0.318. The van der Waals surface area contributed by atoms with Gasteiger partial charge < -0.3 is 4.74 Å². The number of halogens is 1. The summed E-state index contributed by atoms with van der Waals surface area (Å²) in [6.45, 7) is 2.13. The molecule has 0 amide bonds. The van der Waals surface area contributed by atoms with Crippen LogP contribution in [0.25, 0.3) is 5.65 Å². The topological polar surface area (TPSA) is 56.5 Å². The maximum atomic E-state index is 11.6. The molecule has 0 aliphatic heterocycles. The first-order valence-electron chi connectivity index (χ1n) is 6.24. The molecule has 2 aromatic heterocycles. The third kappa shape index (κ3) is 2.08. The van der Waals surface area contributed by atoms with Crippen LogP contribution >= 0.6 is 11.6 Å². The van der Waals surface area contributed by atoms with Gasteiger partial charge in [-0.05, 0) is 24.8 Å². The summed E-state index contributed by atoms with van der Waals surface area (Å²) in [6.07, 6.45) is 4.14. The highest BCUT2D eigenvalue weighted by Gasteiger charge is 2.32. The lowest BCUT2D eigenvalue weighted by atomic mass is 10.1. The van der Waals surface area contributed by atoms with E-state index < -0.39 is 5.97 Å². The number of nitrogens with zero attached hydrogens (tertiary/aromatic N) is 3. The van der Waals surface area contributed by atoms with Crippen LogP contribution in [-0.4, -0.2) is 27.7 Å². The van der Waals surface area contributed by atoms with Crippen LogP contribution in [0.4, 0.5) is 0 Å². The van der Waals surface area contributed by atoms with E-state index in [1.165, 1.54) is 20.0 Å². The fourth-order valence-corrected chi connectivity index (χ4v) is 2.56. The Kier molecular flexibility index (Phi) is 2.93. The van der Waals surface area contributed by atoms with Crippen molar-refractivity contribution in [2.45, 2.75) is 25.7 Å². The summed E-state index contributed by atoms with van der Waals surface area (Å²) >= 11 is 6.15. The number of pyridine rings is 1. The summed E-state index contributed by atoms with van der Waals surface area (Å²) in [5, 5.41) is 8.73. The fraction of sp³-hybridized carbons (Fsp3) is 0.462. The zero-order valence-electron chi connectivity index (χ0n) is 10.8. The van der Waals surface area contributed by atoms with Crippen LogP contribution < -0.4 is 0 Å². The Morgan fingerprint density at radius 2 is 2.26 bits per heavy atom. The van der Waals surface area contributed by atoms with Crippen molar-refractivity contribution in [2.75, 3.05) is 7.11 Å². The summed E-state index contributed by atoms with van der Waals surface area (Å²) in [4.78, 5) is 11.6. The summed E-state index contributed by atoms with van der Waals surface area (Å²) in [6, 6.07) is 1.56. The minimum Gasteiger partial charge on any atom is -0.465 e. The van der Waals surface area contributed by atoms with Crippen molar-refractivity contribution in [1.29, 1.82) is 0 Å². The van der Waals surface area contributed by atoms with E-state index in [0.29, 0.717) is 28.1 Å². The number of carbonyl (C=O) groups excluding carboxylic acids is 1. The fourth-order valence-electron chi connectivity index (χ4n) is 2.32. The molecule has 0 radical (unpaired) electrons. The second-order valence-corrected chi connectivity index (χ2v) is 5.35. The molecule has 0 spiro atoms. The zero-order valence-corrected chi connectivity index (χ0v) is 11.5. The number of rotatable bonds is 3. The van der Waals surface area contributed by atoms with E-state index in [2.05, 4.69) is 17.1 Å². The molecular formula is C13H14ClN3O2. The highest BCUT2D eigenvalue weighted by atomic mass is 35.5. The van der Waals surface area contributed by atoms with Crippen molar-refractivity contribution in [3.05, 3.63) is 28.7 Å². The lowest BCUT2D eigenvalue weighted by molar-refractivity contribution is 0.0600. The van der Waals surface area contributed by atoms with E-state index in [4.69, 9.17) is 16.3 Å². The summed E-state index contributed by atoms with van der Waals surface area (Å²) in [5.74, 6) is 1.42. The van der Waals surface area contributed by atoms with Gasteiger partial charge in [-0.15, -0.1) is 10.2 Å². The molecule has 3 rings (SSSR count). The monoisotopic (exact) mass is 279 g/mol. The van der Waals surface area contributed by atoms with Crippen molar-refractivity contribution in [3.63, 3.8) is 0 Å². The third-order valence-corrected chi connectivity index (χ3v) is 3.92. The van der Waals surface area contributed by atoms with Gasteiger partial charge in [0.1, 0.15) is 5.82 Å². The number of methoxy groups -OCH3 is 1. The van der Waals surface area contributed by atoms with Gasteiger partial charge in [0.25, 0.3) is 0 Å². The molecule has 0 aromatic carbocycles. The SMILES string of the molecule is COC(=O)c1cc(Cl)c2nnc(C(C)C3CC3)n2c1. The first kappa shape index (κ1) is 12.4. The average Bonchev–Trinajstić information content (AvgIpc) is 3.17. The van der Waals surface area contributed by atoms with E-state index in [9.17, 15) is 4.79 Å². The first-order chi connectivity index (χ1) is 9.11. The lowest BCUT2D eigenvalue weighted by Gasteiger charge is -2.09.